The van der Waals surface area contributed by atoms with Gasteiger partial charge in [-0.2, -0.15) is 5.10 Å². The first kappa shape index (κ1) is 15.3. The van der Waals surface area contributed by atoms with Gasteiger partial charge >= 0.3 is 0 Å². The van der Waals surface area contributed by atoms with Crippen molar-refractivity contribution in [2.75, 3.05) is 14.2 Å². The maximum atomic E-state index is 10.5. The van der Waals surface area contributed by atoms with E-state index in [1.54, 1.807) is 20.3 Å². The molecule has 1 N–H and O–H groups in total. The lowest BCUT2D eigenvalue weighted by molar-refractivity contribution is 0.168. The molecule has 0 aliphatic heterocycles. The molecule has 2 aromatic rings. The molecule has 0 spiro atoms. The third kappa shape index (κ3) is 3.33. The molecule has 114 valence electrons. The molecule has 0 aliphatic carbocycles. The number of aryl methyl sites for hydroxylation is 1. The van der Waals surface area contributed by atoms with Gasteiger partial charge in [0.25, 0.3) is 0 Å². The fourth-order valence-corrected chi connectivity index (χ4v) is 2.30. The van der Waals surface area contributed by atoms with Crippen molar-refractivity contribution in [3.8, 4) is 11.5 Å². The summed E-state index contributed by atoms with van der Waals surface area (Å²) in [6.07, 6.45) is 2.13. The second-order valence-corrected chi connectivity index (χ2v) is 4.70. The van der Waals surface area contributed by atoms with Crippen LogP contribution in [0, 0.1) is 0 Å². The summed E-state index contributed by atoms with van der Waals surface area (Å²) in [7, 11) is 3.14. The van der Waals surface area contributed by atoms with Crippen molar-refractivity contribution in [3.05, 3.63) is 35.9 Å². The summed E-state index contributed by atoms with van der Waals surface area (Å²) in [4.78, 5) is 4.22. The number of aliphatic hydroxyl groups is 1. The SMILES string of the molecule is CCCn1ncnc1CC(O)c1cccc(OC)c1OC. The molecule has 0 fully saturated rings. The van der Waals surface area contributed by atoms with Gasteiger partial charge in [-0.15, -0.1) is 0 Å². The lowest BCUT2D eigenvalue weighted by Crippen LogP contribution is -2.11. The predicted molar refractivity (Wildman–Crippen MR) is 78.5 cm³/mol. The van der Waals surface area contributed by atoms with Gasteiger partial charge in [0, 0.05) is 18.5 Å². The van der Waals surface area contributed by atoms with Gasteiger partial charge in [0.2, 0.25) is 0 Å². The summed E-state index contributed by atoms with van der Waals surface area (Å²) in [6, 6.07) is 5.46. The van der Waals surface area contributed by atoms with Gasteiger partial charge in [-0.25, -0.2) is 4.98 Å². The minimum absolute atomic E-state index is 0.378. The lowest BCUT2D eigenvalue weighted by atomic mass is 10.0. The smallest absolute Gasteiger partial charge is 0.166 e. The molecule has 6 heteroatoms. The number of aliphatic hydroxyl groups excluding tert-OH is 1. The van der Waals surface area contributed by atoms with Crippen LogP contribution < -0.4 is 9.47 Å². The van der Waals surface area contributed by atoms with E-state index in [0.717, 1.165) is 18.8 Å². The summed E-state index contributed by atoms with van der Waals surface area (Å²) in [5.41, 5.74) is 0.683. The summed E-state index contributed by atoms with van der Waals surface area (Å²) in [6.45, 7) is 2.87. The zero-order valence-corrected chi connectivity index (χ0v) is 12.6. The number of methoxy groups -OCH3 is 2. The van der Waals surface area contributed by atoms with E-state index in [0.29, 0.717) is 23.5 Å². The van der Waals surface area contributed by atoms with Crippen LogP contribution in [0.2, 0.25) is 0 Å². The zero-order chi connectivity index (χ0) is 15.2. The fourth-order valence-electron chi connectivity index (χ4n) is 2.30. The highest BCUT2D eigenvalue weighted by molar-refractivity contribution is 5.47. The van der Waals surface area contributed by atoms with E-state index < -0.39 is 6.10 Å². The highest BCUT2D eigenvalue weighted by Gasteiger charge is 2.19. The molecular weight excluding hydrogens is 270 g/mol. The van der Waals surface area contributed by atoms with E-state index >= 15 is 0 Å². The van der Waals surface area contributed by atoms with Crippen LogP contribution in [0.25, 0.3) is 0 Å². The van der Waals surface area contributed by atoms with Gasteiger partial charge < -0.3 is 14.6 Å². The first-order valence-electron chi connectivity index (χ1n) is 6.96. The highest BCUT2D eigenvalue weighted by Crippen LogP contribution is 2.35. The van der Waals surface area contributed by atoms with Crippen molar-refractivity contribution >= 4 is 0 Å². The molecule has 6 nitrogen and oxygen atoms in total. The largest absolute Gasteiger partial charge is 0.493 e. The Labute approximate surface area is 124 Å². The second kappa shape index (κ2) is 7.08. The molecule has 1 atom stereocenters. The van der Waals surface area contributed by atoms with Gasteiger partial charge in [0.05, 0.1) is 20.3 Å². The number of rotatable bonds is 7. The normalized spacial score (nSPS) is 12.2. The van der Waals surface area contributed by atoms with Gasteiger partial charge in [-0.05, 0) is 12.5 Å². The quantitative estimate of drug-likeness (QED) is 0.844. The summed E-state index contributed by atoms with van der Waals surface area (Å²) in [5.74, 6) is 1.91. The maximum absolute atomic E-state index is 10.5. The van der Waals surface area contributed by atoms with Gasteiger partial charge in [-0.1, -0.05) is 19.1 Å². The van der Waals surface area contributed by atoms with Gasteiger partial charge in [-0.3, -0.25) is 4.68 Å². The third-order valence-electron chi connectivity index (χ3n) is 3.30. The lowest BCUT2D eigenvalue weighted by Gasteiger charge is -2.17. The number of para-hydroxylation sites is 1. The van der Waals surface area contributed by atoms with E-state index in [1.165, 1.54) is 6.33 Å². The van der Waals surface area contributed by atoms with Gasteiger partial charge in [0.15, 0.2) is 11.5 Å². The van der Waals surface area contributed by atoms with Crippen molar-refractivity contribution in [1.82, 2.24) is 14.8 Å². The molecule has 0 aliphatic rings. The molecule has 1 aromatic heterocycles. The Balaban J connectivity index is 2.24. The van der Waals surface area contributed by atoms with E-state index in [-0.39, 0.29) is 0 Å². The average molecular weight is 291 g/mol. The Morgan fingerprint density at radius 2 is 2.10 bits per heavy atom. The number of aromatic nitrogens is 3. The second-order valence-electron chi connectivity index (χ2n) is 4.70. The van der Waals surface area contributed by atoms with Crippen molar-refractivity contribution in [3.63, 3.8) is 0 Å². The van der Waals surface area contributed by atoms with Crippen molar-refractivity contribution < 1.29 is 14.6 Å². The van der Waals surface area contributed by atoms with Crippen LogP contribution in [0.4, 0.5) is 0 Å². The zero-order valence-electron chi connectivity index (χ0n) is 12.6. The van der Waals surface area contributed by atoms with Crippen LogP contribution in [-0.2, 0) is 13.0 Å². The minimum atomic E-state index is -0.727. The predicted octanol–water partition coefficient (Wildman–Crippen LogP) is 1.98. The van der Waals surface area contributed by atoms with Crippen LogP contribution in [0.15, 0.2) is 24.5 Å². The standard InChI is InChI=1S/C15H21N3O3/c1-4-8-18-14(16-10-17-18)9-12(19)11-6-5-7-13(20-2)15(11)21-3/h5-7,10,12,19H,4,8-9H2,1-3H3. The van der Waals surface area contributed by atoms with Crippen molar-refractivity contribution in [1.29, 1.82) is 0 Å². The summed E-state index contributed by atoms with van der Waals surface area (Å²) < 4.78 is 12.4. The highest BCUT2D eigenvalue weighted by atomic mass is 16.5. The first-order valence-corrected chi connectivity index (χ1v) is 6.96. The Morgan fingerprint density at radius 1 is 1.29 bits per heavy atom. The van der Waals surface area contributed by atoms with Crippen molar-refractivity contribution in [2.24, 2.45) is 0 Å². The molecule has 21 heavy (non-hydrogen) atoms. The Hall–Kier alpha value is -2.08. The van der Waals surface area contributed by atoms with Crippen LogP contribution in [0.5, 0.6) is 11.5 Å². The van der Waals surface area contributed by atoms with Crippen LogP contribution in [-0.4, -0.2) is 34.1 Å². The molecule has 0 amide bonds. The topological polar surface area (TPSA) is 69.4 Å². The van der Waals surface area contributed by atoms with E-state index in [2.05, 4.69) is 17.0 Å². The molecule has 0 saturated heterocycles. The minimum Gasteiger partial charge on any atom is -0.493 e. The molecular formula is C15H21N3O3. The molecule has 1 aromatic carbocycles. The Morgan fingerprint density at radius 3 is 2.76 bits per heavy atom. The first-order chi connectivity index (χ1) is 10.2. The van der Waals surface area contributed by atoms with Crippen LogP contribution in [0.3, 0.4) is 0 Å². The molecule has 0 saturated carbocycles. The van der Waals surface area contributed by atoms with Crippen LogP contribution in [0.1, 0.15) is 30.8 Å². The monoisotopic (exact) mass is 291 g/mol. The van der Waals surface area contributed by atoms with E-state index in [9.17, 15) is 5.11 Å². The fraction of sp³-hybridized carbons (Fsp3) is 0.467. The molecule has 0 bridgehead atoms. The number of nitrogens with zero attached hydrogens (tertiary/aromatic N) is 3. The number of ether oxygens (including phenoxy) is 2. The molecule has 2 rings (SSSR count). The Kier molecular flexibility index (Phi) is 5.16. The van der Waals surface area contributed by atoms with E-state index in [4.69, 9.17) is 9.47 Å². The summed E-state index contributed by atoms with van der Waals surface area (Å²) >= 11 is 0. The number of hydrogen-bond acceptors (Lipinski definition) is 5. The third-order valence-corrected chi connectivity index (χ3v) is 3.30. The average Bonchev–Trinajstić information content (AvgIpc) is 2.93. The number of hydrogen-bond donors (Lipinski definition) is 1. The van der Waals surface area contributed by atoms with Crippen LogP contribution >= 0.6 is 0 Å². The van der Waals surface area contributed by atoms with Gasteiger partial charge in [0.1, 0.15) is 12.2 Å². The molecule has 1 heterocycles. The molecule has 0 radical (unpaired) electrons. The van der Waals surface area contributed by atoms with Crippen molar-refractivity contribution in [2.45, 2.75) is 32.4 Å². The summed E-state index contributed by atoms with van der Waals surface area (Å²) in [5, 5.41) is 14.7. The maximum Gasteiger partial charge on any atom is 0.166 e. The number of benzene rings is 1. The molecule has 1 unspecified atom stereocenters. The van der Waals surface area contributed by atoms with E-state index in [1.807, 2.05) is 16.8 Å². The Bertz CT molecular complexity index is 583.